The largest absolute Gasteiger partial charge is 0.394 e. The average Bonchev–Trinajstić information content (AvgIpc) is 3.42. The van der Waals surface area contributed by atoms with Crippen molar-refractivity contribution in [3.63, 3.8) is 0 Å². The lowest BCUT2D eigenvalue weighted by Gasteiger charge is -2.46. The average molecular weight is 1080 g/mol. The van der Waals surface area contributed by atoms with Gasteiger partial charge in [-0.1, -0.05) is 217 Å². The molecule has 0 radical (unpaired) electrons. The highest BCUT2D eigenvalue weighted by atomic mass is 16.7. The number of unbranched alkanes of at least 4 members (excludes halogenated alkanes) is 30. The topological polar surface area (TPSA) is 228 Å². The normalized spacial score (nSPS) is 25.2. The van der Waals surface area contributed by atoms with E-state index in [1.807, 2.05) is 6.08 Å². The van der Waals surface area contributed by atoms with E-state index in [0.717, 1.165) is 64.2 Å². The zero-order chi connectivity index (χ0) is 55.3. The molecule has 2 aliphatic heterocycles. The Morgan fingerprint density at radius 2 is 0.842 bits per heavy atom. The van der Waals surface area contributed by atoms with Gasteiger partial charge in [0, 0.05) is 6.42 Å². The van der Waals surface area contributed by atoms with Gasteiger partial charge in [0.25, 0.3) is 0 Å². The molecule has 2 rings (SSSR count). The number of amides is 1. The molecular weight excluding hydrogens is 967 g/mol. The fourth-order valence-electron chi connectivity index (χ4n) is 9.97. The molecule has 0 spiro atoms. The number of rotatable bonds is 49. The van der Waals surface area contributed by atoms with Gasteiger partial charge in [0.15, 0.2) is 12.6 Å². The number of aliphatic hydroxyl groups is 8. The van der Waals surface area contributed by atoms with Gasteiger partial charge in [-0.05, 0) is 70.6 Å². The Bertz CT molecular complexity index is 1460. The number of aliphatic hydroxyl groups excluding tert-OH is 8. The molecule has 12 atom stereocenters. The van der Waals surface area contributed by atoms with Crippen LogP contribution in [0.3, 0.4) is 0 Å². The SMILES string of the molecule is CCCCCCCC/C=C\CCCCCCCC(=O)NC(COC1OC(CO)C(OC2OC(CO)C(O)C(O)C2O)C(O)C1O)C(O)/C=C/CC/C=C/CC/C=C/CCCCCCCCCCCCCCCCCCC. The maximum Gasteiger partial charge on any atom is 0.220 e. The van der Waals surface area contributed by atoms with Crippen LogP contribution in [0.4, 0.5) is 0 Å². The lowest BCUT2D eigenvalue weighted by atomic mass is 9.97. The number of hydrogen-bond acceptors (Lipinski definition) is 13. The minimum Gasteiger partial charge on any atom is -0.394 e. The van der Waals surface area contributed by atoms with Gasteiger partial charge in [0.1, 0.15) is 48.8 Å². The summed E-state index contributed by atoms with van der Waals surface area (Å²) >= 11 is 0. The zero-order valence-electron chi connectivity index (χ0n) is 47.7. The first-order valence-corrected chi connectivity index (χ1v) is 30.9. The predicted molar refractivity (Wildman–Crippen MR) is 304 cm³/mol. The van der Waals surface area contributed by atoms with E-state index in [-0.39, 0.29) is 18.9 Å². The van der Waals surface area contributed by atoms with E-state index in [4.69, 9.17) is 18.9 Å². The minimum absolute atomic E-state index is 0.259. The number of nitrogens with one attached hydrogen (secondary N) is 1. The third kappa shape index (κ3) is 32.9. The van der Waals surface area contributed by atoms with Gasteiger partial charge in [0.05, 0.1) is 32.0 Å². The van der Waals surface area contributed by atoms with Crippen molar-refractivity contribution in [2.24, 2.45) is 0 Å². The van der Waals surface area contributed by atoms with Gasteiger partial charge >= 0.3 is 0 Å². The van der Waals surface area contributed by atoms with Crippen molar-refractivity contribution >= 4 is 5.91 Å². The van der Waals surface area contributed by atoms with E-state index >= 15 is 0 Å². The summed E-state index contributed by atoms with van der Waals surface area (Å²) in [5.74, 6) is -0.262. The van der Waals surface area contributed by atoms with Crippen LogP contribution in [0.5, 0.6) is 0 Å². The van der Waals surface area contributed by atoms with Gasteiger partial charge < -0.3 is 65.1 Å². The zero-order valence-corrected chi connectivity index (χ0v) is 47.7. The first kappa shape index (κ1) is 70.1. The van der Waals surface area contributed by atoms with E-state index in [1.54, 1.807) is 6.08 Å². The lowest BCUT2D eigenvalue weighted by Crippen LogP contribution is -2.65. The molecule has 2 heterocycles. The van der Waals surface area contributed by atoms with Crippen molar-refractivity contribution in [3.8, 4) is 0 Å². The lowest BCUT2D eigenvalue weighted by molar-refractivity contribution is -0.359. The number of hydrogen-bond donors (Lipinski definition) is 9. The van der Waals surface area contributed by atoms with Gasteiger partial charge in [-0.2, -0.15) is 0 Å². The molecule has 14 nitrogen and oxygen atoms in total. The Morgan fingerprint density at radius 1 is 0.461 bits per heavy atom. The first-order valence-electron chi connectivity index (χ1n) is 30.9. The van der Waals surface area contributed by atoms with Crippen molar-refractivity contribution in [3.05, 3.63) is 48.6 Å². The van der Waals surface area contributed by atoms with Gasteiger partial charge in [-0.3, -0.25) is 4.79 Å². The van der Waals surface area contributed by atoms with Crippen LogP contribution in [0.2, 0.25) is 0 Å². The summed E-state index contributed by atoms with van der Waals surface area (Å²) in [6.07, 6.45) is 43.1. The monoisotopic (exact) mass is 1080 g/mol. The van der Waals surface area contributed by atoms with Gasteiger partial charge in [0.2, 0.25) is 5.91 Å². The second kappa shape index (κ2) is 47.7. The molecule has 0 saturated carbocycles. The fraction of sp³-hybridized carbons (Fsp3) is 0.855. The Hall–Kier alpha value is -2.05. The third-order valence-corrected chi connectivity index (χ3v) is 15.0. The molecule has 0 aromatic heterocycles. The predicted octanol–water partition coefficient (Wildman–Crippen LogP) is 10.8. The molecule has 2 fully saturated rings. The van der Waals surface area contributed by atoms with E-state index in [0.29, 0.717) is 12.8 Å². The van der Waals surface area contributed by atoms with Crippen LogP contribution in [0, 0.1) is 0 Å². The molecule has 1 amide bonds. The quantitative estimate of drug-likeness (QED) is 0.0204. The highest BCUT2D eigenvalue weighted by Crippen LogP contribution is 2.30. The summed E-state index contributed by atoms with van der Waals surface area (Å²) in [6.45, 7) is 2.77. The summed E-state index contributed by atoms with van der Waals surface area (Å²) in [5.41, 5.74) is 0. The van der Waals surface area contributed by atoms with Crippen LogP contribution in [-0.4, -0.2) is 140 Å². The molecule has 2 aliphatic rings. The molecule has 14 heteroatoms. The van der Waals surface area contributed by atoms with Crippen molar-refractivity contribution in [2.75, 3.05) is 19.8 Å². The van der Waals surface area contributed by atoms with Crippen LogP contribution in [0.1, 0.15) is 245 Å². The molecule has 76 heavy (non-hydrogen) atoms. The Morgan fingerprint density at radius 3 is 1.29 bits per heavy atom. The van der Waals surface area contributed by atoms with Crippen LogP contribution < -0.4 is 5.32 Å². The number of carbonyl (C=O) groups is 1. The molecule has 12 unspecified atom stereocenters. The fourth-order valence-corrected chi connectivity index (χ4v) is 9.97. The first-order chi connectivity index (χ1) is 37.1. The van der Waals surface area contributed by atoms with Crippen molar-refractivity contribution in [1.82, 2.24) is 5.32 Å². The number of carbonyl (C=O) groups excluding carboxylic acids is 1. The summed E-state index contributed by atoms with van der Waals surface area (Å²) < 4.78 is 22.7. The van der Waals surface area contributed by atoms with E-state index in [9.17, 15) is 45.6 Å². The van der Waals surface area contributed by atoms with Crippen LogP contribution in [0.15, 0.2) is 48.6 Å². The maximum atomic E-state index is 13.2. The number of ether oxygens (including phenoxy) is 4. The molecule has 9 N–H and O–H groups in total. The van der Waals surface area contributed by atoms with Crippen molar-refractivity contribution in [1.29, 1.82) is 0 Å². The molecule has 444 valence electrons. The standard InChI is InChI=1S/C62H113NO13/c1-3-5-7-9-11-13-15-17-19-20-21-22-23-24-25-26-27-28-29-30-32-33-35-37-39-41-43-45-51(66)50(63-54(67)46-44-42-40-38-36-34-31-18-16-14-12-10-8-6-4-2)49-73-61-59(72)57(70)60(53(48-65)75-61)76-62-58(71)56(69)55(68)52(47-64)74-62/h18,29-31,35,37,43,45,50-53,55-62,64-66,68-72H,3-17,19-28,32-34,36,38-42,44,46-49H2,1-2H3,(H,63,67)/b30-29+,31-18-,37-35+,45-43+. The van der Waals surface area contributed by atoms with Gasteiger partial charge in [-0.15, -0.1) is 0 Å². The third-order valence-electron chi connectivity index (χ3n) is 15.0. The molecule has 0 aromatic rings. The van der Waals surface area contributed by atoms with Gasteiger partial charge in [-0.25, -0.2) is 0 Å². The van der Waals surface area contributed by atoms with Crippen molar-refractivity contribution < 1.29 is 64.6 Å². The molecule has 0 aliphatic carbocycles. The minimum atomic E-state index is -1.79. The highest BCUT2D eigenvalue weighted by molar-refractivity contribution is 5.76. The Labute approximate surface area is 461 Å². The van der Waals surface area contributed by atoms with Crippen LogP contribution >= 0.6 is 0 Å². The van der Waals surface area contributed by atoms with Crippen LogP contribution in [0.25, 0.3) is 0 Å². The summed E-state index contributed by atoms with van der Waals surface area (Å²) in [7, 11) is 0. The molecule has 0 aromatic carbocycles. The molecular formula is C62H113NO13. The van der Waals surface area contributed by atoms with E-state index in [1.165, 1.54) is 148 Å². The van der Waals surface area contributed by atoms with Crippen molar-refractivity contribution in [2.45, 2.75) is 319 Å². The number of allylic oxidation sites excluding steroid dienone is 7. The highest BCUT2D eigenvalue weighted by Gasteiger charge is 2.51. The smallest absolute Gasteiger partial charge is 0.220 e. The Balaban J connectivity index is 1.76. The Kier molecular flexibility index (Phi) is 44.0. The second-order valence-corrected chi connectivity index (χ2v) is 21.8. The molecule has 0 bridgehead atoms. The van der Waals surface area contributed by atoms with E-state index < -0.39 is 86.8 Å². The maximum absolute atomic E-state index is 13.2. The summed E-state index contributed by atoms with van der Waals surface area (Å²) in [5, 5.41) is 87.0. The second-order valence-electron chi connectivity index (χ2n) is 21.8. The van der Waals surface area contributed by atoms with Crippen LogP contribution in [-0.2, 0) is 23.7 Å². The van der Waals surface area contributed by atoms with E-state index in [2.05, 4.69) is 55.6 Å². The molecule has 2 saturated heterocycles. The summed E-state index contributed by atoms with van der Waals surface area (Å²) in [4.78, 5) is 13.2. The summed E-state index contributed by atoms with van der Waals surface area (Å²) in [6, 6.07) is -0.943.